The van der Waals surface area contributed by atoms with Gasteiger partial charge in [-0.05, 0) is 39.0 Å². The van der Waals surface area contributed by atoms with Crippen molar-refractivity contribution >= 4 is 12.0 Å². The number of nitrogens with one attached hydrogen (secondary N) is 2. The maximum absolute atomic E-state index is 12.4. The number of amides is 2. The Morgan fingerprint density at radius 2 is 2.32 bits per heavy atom. The van der Waals surface area contributed by atoms with Crippen molar-refractivity contribution in [3.05, 3.63) is 17.5 Å². The van der Waals surface area contributed by atoms with Crippen LogP contribution in [0.1, 0.15) is 44.4 Å². The highest BCUT2D eigenvalue weighted by Gasteiger charge is 2.46. The second-order valence-corrected chi connectivity index (χ2v) is 7.94. The van der Waals surface area contributed by atoms with Crippen molar-refractivity contribution in [1.29, 1.82) is 0 Å². The number of hydrogen-bond donors (Lipinski definition) is 2. The van der Waals surface area contributed by atoms with Crippen LogP contribution in [0.5, 0.6) is 0 Å². The van der Waals surface area contributed by atoms with Gasteiger partial charge in [-0.2, -0.15) is 0 Å². The highest BCUT2D eigenvalue weighted by Crippen LogP contribution is 2.39. The first-order valence-corrected chi connectivity index (χ1v) is 9.29. The van der Waals surface area contributed by atoms with E-state index in [0.717, 1.165) is 36.7 Å². The number of likely N-dealkylation sites (tertiary alicyclic amines) is 1. The molecule has 2 fully saturated rings. The molecule has 0 aromatic carbocycles. The summed E-state index contributed by atoms with van der Waals surface area (Å²) in [6.45, 7) is 7.46. The Kier molecular flexibility index (Phi) is 4.27. The van der Waals surface area contributed by atoms with Gasteiger partial charge in [0, 0.05) is 37.4 Å². The molecule has 1 atom stereocenters. The summed E-state index contributed by atoms with van der Waals surface area (Å²) in [5, 5.41) is 6.35. The smallest absolute Gasteiger partial charge is 0.317 e. The number of rotatable bonds is 4. The average molecular weight is 345 g/mol. The fourth-order valence-electron chi connectivity index (χ4n) is 3.73. The van der Waals surface area contributed by atoms with Crippen molar-refractivity contribution in [1.82, 2.24) is 20.2 Å². The summed E-state index contributed by atoms with van der Waals surface area (Å²) in [5.74, 6) is 1.48. The van der Waals surface area contributed by atoms with E-state index in [4.69, 9.17) is 9.72 Å². The lowest BCUT2D eigenvalue weighted by atomic mass is 9.81. The lowest BCUT2D eigenvalue weighted by molar-refractivity contribution is 0.0519. The van der Waals surface area contributed by atoms with Gasteiger partial charge < -0.3 is 20.3 Å². The van der Waals surface area contributed by atoms with Gasteiger partial charge in [-0.1, -0.05) is 0 Å². The molecule has 3 heterocycles. The summed E-state index contributed by atoms with van der Waals surface area (Å²) in [7, 11) is 0. The number of fused-ring (bicyclic) bond motifs is 2. The van der Waals surface area contributed by atoms with Gasteiger partial charge in [0.1, 0.15) is 0 Å². The Bertz CT molecular complexity index is 661. The third kappa shape index (κ3) is 3.42. The molecule has 2 amide bonds. The lowest BCUT2D eigenvalue weighted by Gasteiger charge is -2.34. The van der Waals surface area contributed by atoms with Crippen LogP contribution in [0.4, 0.5) is 10.7 Å². The number of hydrogen-bond acceptors (Lipinski definition) is 5. The minimum atomic E-state index is -0.207. The molecular weight excluding hydrogens is 318 g/mol. The molecule has 7 nitrogen and oxygen atoms in total. The molecule has 1 unspecified atom stereocenters. The second-order valence-electron chi connectivity index (χ2n) is 7.94. The predicted octanol–water partition coefficient (Wildman–Crippen LogP) is 1.89. The molecule has 136 valence electrons. The van der Waals surface area contributed by atoms with Crippen molar-refractivity contribution in [3.8, 4) is 0 Å². The Morgan fingerprint density at radius 3 is 3.08 bits per heavy atom. The first-order valence-electron chi connectivity index (χ1n) is 9.29. The van der Waals surface area contributed by atoms with Crippen molar-refractivity contribution in [3.63, 3.8) is 0 Å². The van der Waals surface area contributed by atoms with Crippen molar-refractivity contribution in [2.75, 3.05) is 31.6 Å². The van der Waals surface area contributed by atoms with Crippen LogP contribution >= 0.6 is 0 Å². The van der Waals surface area contributed by atoms with Gasteiger partial charge in [0.05, 0.1) is 24.3 Å². The van der Waals surface area contributed by atoms with Gasteiger partial charge in [0.15, 0.2) is 0 Å². The molecule has 1 aliphatic carbocycles. The van der Waals surface area contributed by atoms with Gasteiger partial charge in [0.2, 0.25) is 5.95 Å². The zero-order chi connectivity index (χ0) is 17.4. The summed E-state index contributed by atoms with van der Waals surface area (Å²) >= 11 is 0. The molecule has 3 aliphatic rings. The number of carbonyl (C=O) groups is 1. The molecule has 25 heavy (non-hydrogen) atoms. The molecule has 1 spiro atoms. The van der Waals surface area contributed by atoms with Gasteiger partial charge in [-0.15, -0.1) is 0 Å². The molecule has 1 saturated heterocycles. The average Bonchev–Trinajstić information content (AvgIpc) is 3.32. The van der Waals surface area contributed by atoms with E-state index in [1.807, 2.05) is 24.9 Å². The topological polar surface area (TPSA) is 79.4 Å². The fourth-order valence-corrected chi connectivity index (χ4v) is 3.73. The third-order valence-electron chi connectivity index (χ3n) is 5.30. The normalized spacial score (nSPS) is 25.3. The number of nitrogens with zero attached hydrogens (tertiary/aromatic N) is 3. The van der Waals surface area contributed by atoms with E-state index in [-0.39, 0.29) is 17.5 Å². The molecule has 1 aromatic rings. The van der Waals surface area contributed by atoms with E-state index in [1.165, 1.54) is 12.8 Å². The number of ether oxygens (including phenoxy) is 1. The van der Waals surface area contributed by atoms with Crippen LogP contribution in [-0.2, 0) is 16.8 Å². The standard InChI is InChI=1S/C18H27N5O2/c1-12(2)21-17(24)23-6-5-18(10-23)11-25-9-14-8-20-16(22-15(14)18)19-7-13-3-4-13/h8,12-13H,3-7,9-11H2,1-2H3,(H,21,24)(H,19,20,22). The minimum Gasteiger partial charge on any atom is -0.376 e. The zero-order valence-corrected chi connectivity index (χ0v) is 15.0. The highest BCUT2D eigenvalue weighted by molar-refractivity contribution is 5.75. The third-order valence-corrected chi connectivity index (χ3v) is 5.30. The van der Waals surface area contributed by atoms with Crippen LogP contribution in [0.3, 0.4) is 0 Å². The summed E-state index contributed by atoms with van der Waals surface area (Å²) in [6, 6.07) is 0.139. The summed E-state index contributed by atoms with van der Waals surface area (Å²) < 4.78 is 5.83. The van der Waals surface area contributed by atoms with E-state index in [2.05, 4.69) is 15.6 Å². The maximum Gasteiger partial charge on any atom is 0.317 e. The fraction of sp³-hybridized carbons (Fsp3) is 0.722. The van der Waals surface area contributed by atoms with Gasteiger partial charge in [0.25, 0.3) is 0 Å². The maximum atomic E-state index is 12.4. The van der Waals surface area contributed by atoms with E-state index in [1.54, 1.807) is 0 Å². The predicted molar refractivity (Wildman–Crippen MR) is 94.4 cm³/mol. The van der Waals surface area contributed by atoms with E-state index < -0.39 is 0 Å². The van der Waals surface area contributed by atoms with Crippen LogP contribution in [0.2, 0.25) is 0 Å². The monoisotopic (exact) mass is 345 g/mol. The lowest BCUT2D eigenvalue weighted by Crippen LogP contribution is -2.45. The van der Waals surface area contributed by atoms with Crippen molar-refractivity contribution in [2.45, 2.75) is 51.2 Å². The first-order chi connectivity index (χ1) is 12.1. The highest BCUT2D eigenvalue weighted by atomic mass is 16.5. The van der Waals surface area contributed by atoms with Gasteiger partial charge in [-0.25, -0.2) is 14.8 Å². The Labute approximate surface area is 148 Å². The summed E-state index contributed by atoms with van der Waals surface area (Å²) in [5.41, 5.74) is 1.90. The zero-order valence-electron chi connectivity index (χ0n) is 15.0. The van der Waals surface area contributed by atoms with Crippen LogP contribution in [-0.4, -0.2) is 53.2 Å². The molecule has 4 rings (SSSR count). The molecule has 1 aromatic heterocycles. The van der Waals surface area contributed by atoms with E-state index in [9.17, 15) is 4.79 Å². The molecule has 1 saturated carbocycles. The van der Waals surface area contributed by atoms with Crippen LogP contribution in [0, 0.1) is 5.92 Å². The quantitative estimate of drug-likeness (QED) is 0.871. The summed E-state index contributed by atoms with van der Waals surface area (Å²) in [4.78, 5) is 23.5. The van der Waals surface area contributed by atoms with Crippen molar-refractivity contribution < 1.29 is 9.53 Å². The van der Waals surface area contributed by atoms with Crippen LogP contribution in [0.25, 0.3) is 0 Å². The molecule has 2 N–H and O–H groups in total. The van der Waals surface area contributed by atoms with Crippen LogP contribution in [0.15, 0.2) is 6.20 Å². The molecular formula is C18H27N5O2. The van der Waals surface area contributed by atoms with E-state index in [0.29, 0.717) is 25.7 Å². The van der Waals surface area contributed by atoms with Gasteiger partial charge >= 0.3 is 6.03 Å². The van der Waals surface area contributed by atoms with Crippen LogP contribution < -0.4 is 10.6 Å². The molecule has 0 bridgehead atoms. The Hall–Kier alpha value is -1.89. The number of anilines is 1. The Balaban J connectivity index is 1.53. The summed E-state index contributed by atoms with van der Waals surface area (Å²) in [6.07, 6.45) is 5.37. The first kappa shape index (κ1) is 16.6. The second kappa shape index (κ2) is 6.44. The minimum absolute atomic E-state index is 0.000126. The number of urea groups is 1. The molecule has 7 heteroatoms. The SMILES string of the molecule is CC(C)NC(=O)N1CCC2(COCc3cnc(NCC4CC4)nc32)C1. The number of aromatic nitrogens is 2. The molecule has 2 aliphatic heterocycles. The number of carbonyl (C=O) groups excluding carboxylic acids is 1. The Morgan fingerprint density at radius 1 is 1.48 bits per heavy atom. The van der Waals surface area contributed by atoms with E-state index >= 15 is 0 Å². The largest absolute Gasteiger partial charge is 0.376 e. The van der Waals surface area contributed by atoms with Gasteiger partial charge in [-0.3, -0.25) is 0 Å². The molecule has 0 radical (unpaired) electrons. The van der Waals surface area contributed by atoms with Crippen molar-refractivity contribution in [2.24, 2.45) is 5.92 Å².